The minimum atomic E-state index is -0.366. The van der Waals surface area contributed by atoms with E-state index in [-0.39, 0.29) is 17.6 Å². The zero-order valence-corrected chi connectivity index (χ0v) is 10.5. The fourth-order valence-electron chi connectivity index (χ4n) is 1.88. The molecule has 19 heavy (non-hydrogen) atoms. The third kappa shape index (κ3) is 3.90. The van der Waals surface area contributed by atoms with Crippen LogP contribution >= 0.6 is 0 Å². The van der Waals surface area contributed by atoms with E-state index in [1.54, 1.807) is 30.6 Å². The molecule has 0 aromatic carbocycles. The van der Waals surface area contributed by atoms with Gasteiger partial charge in [-0.15, -0.1) is 0 Å². The van der Waals surface area contributed by atoms with Crippen LogP contribution in [-0.2, 0) is 9.53 Å². The van der Waals surface area contributed by atoms with Crippen molar-refractivity contribution in [2.75, 3.05) is 13.2 Å². The van der Waals surface area contributed by atoms with Crippen LogP contribution in [0.4, 0.5) is 0 Å². The van der Waals surface area contributed by atoms with Gasteiger partial charge in [-0.3, -0.25) is 9.78 Å². The van der Waals surface area contributed by atoms with Gasteiger partial charge in [0, 0.05) is 25.5 Å². The van der Waals surface area contributed by atoms with E-state index in [1.165, 1.54) is 0 Å². The molecule has 1 saturated heterocycles. The molecule has 0 radical (unpaired) electrons. The minimum Gasteiger partial charge on any atom is -0.376 e. The quantitative estimate of drug-likeness (QED) is 0.651. The van der Waals surface area contributed by atoms with E-state index in [0.717, 1.165) is 25.0 Å². The number of amides is 1. The van der Waals surface area contributed by atoms with Crippen LogP contribution in [0.2, 0.25) is 0 Å². The summed E-state index contributed by atoms with van der Waals surface area (Å²) in [5, 5.41) is 11.7. The average molecular weight is 257 g/mol. The van der Waals surface area contributed by atoms with Crippen LogP contribution in [-0.4, -0.2) is 30.1 Å². The van der Waals surface area contributed by atoms with Crippen molar-refractivity contribution in [2.24, 2.45) is 0 Å². The smallest absolute Gasteiger partial charge is 0.262 e. The Kier molecular flexibility index (Phi) is 4.65. The molecule has 1 N–H and O–H groups in total. The van der Waals surface area contributed by atoms with Crippen molar-refractivity contribution in [3.63, 3.8) is 0 Å². The summed E-state index contributed by atoms with van der Waals surface area (Å²) in [6.07, 6.45) is 6.84. The van der Waals surface area contributed by atoms with Crippen LogP contribution in [0.3, 0.4) is 0 Å². The van der Waals surface area contributed by atoms with Crippen LogP contribution in [0.15, 0.2) is 30.1 Å². The van der Waals surface area contributed by atoms with Gasteiger partial charge in [-0.05, 0) is 36.6 Å². The molecule has 98 valence electrons. The van der Waals surface area contributed by atoms with Crippen molar-refractivity contribution in [3.8, 4) is 6.07 Å². The van der Waals surface area contributed by atoms with Gasteiger partial charge < -0.3 is 10.1 Å². The lowest BCUT2D eigenvalue weighted by atomic mass is 10.1. The molecule has 2 rings (SSSR count). The molecule has 1 atom stereocenters. The maximum Gasteiger partial charge on any atom is 0.262 e. The van der Waals surface area contributed by atoms with Gasteiger partial charge in [0.25, 0.3) is 5.91 Å². The number of carbonyl (C=O) groups excluding carboxylic acids is 1. The summed E-state index contributed by atoms with van der Waals surface area (Å²) in [7, 11) is 0. The number of hydrogen-bond donors (Lipinski definition) is 1. The molecule has 0 bridgehead atoms. The first kappa shape index (κ1) is 13.2. The van der Waals surface area contributed by atoms with Crippen LogP contribution in [0, 0.1) is 11.3 Å². The second-order valence-electron chi connectivity index (χ2n) is 4.30. The predicted octanol–water partition coefficient (Wildman–Crippen LogP) is 1.28. The Labute approximate surface area is 111 Å². The maximum atomic E-state index is 11.9. The number of nitrogens with one attached hydrogen (secondary N) is 1. The molecular weight excluding hydrogens is 242 g/mol. The molecule has 1 fully saturated rings. The summed E-state index contributed by atoms with van der Waals surface area (Å²) < 4.78 is 5.41. The second kappa shape index (κ2) is 6.66. The molecule has 1 aliphatic rings. The van der Waals surface area contributed by atoms with E-state index >= 15 is 0 Å². The molecule has 1 aromatic rings. The zero-order valence-electron chi connectivity index (χ0n) is 10.5. The van der Waals surface area contributed by atoms with Gasteiger partial charge in [0.05, 0.1) is 6.10 Å². The van der Waals surface area contributed by atoms with E-state index in [4.69, 9.17) is 10.00 Å². The molecule has 1 aliphatic heterocycles. The number of aromatic nitrogens is 1. The van der Waals surface area contributed by atoms with Crippen molar-refractivity contribution in [1.29, 1.82) is 5.26 Å². The molecular formula is C14H15N3O2. The van der Waals surface area contributed by atoms with Crippen molar-refractivity contribution < 1.29 is 9.53 Å². The summed E-state index contributed by atoms with van der Waals surface area (Å²) in [4.78, 5) is 15.7. The first-order valence-corrected chi connectivity index (χ1v) is 6.21. The molecule has 0 aliphatic carbocycles. The molecule has 0 saturated carbocycles. The summed E-state index contributed by atoms with van der Waals surface area (Å²) in [6.45, 7) is 1.20. The Morgan fingerprint density at radius 1 is 1.58 bits per heavy atom. The molecule has 1 unspecified atom stereocenters. The first-order chi connectivity index (χ1) is 9.29. The average Bonchev–Trinajstić information content (AvgIpc) is 2.96. The number of pyridine rings is 1. The monoisotopic (exact) mass is 257 g/mol. The van der Waals surface area contributed by atoms with Gasteiger partial charge >= 0.3 is 0 Å². The number of ether oxygens (including phenoxy) is 1. The van der Waals surface area contributed by atoms with Crippen molar-refractivity contribution in [1.82, 2.24) is 10.3 Å². The lowest BCUT2D eigenvalue weighted by Crippen LogP contribution is -2.32. The van der Waals surface area contributed by atoms with Crippen molar-refractivity contribution >= 4 is 12.0 Å². The highest BCUT2D eigenvalue weighted by Crippen LogP contribution is 2.11. The topological polar surface area (TPSA) is 75.0 Å². The highest BCUT2D eigenvalue weighted by Gasteiger charge is 2.17. The zero-order chi connectivity index (χ0) is 13.5. The fraction of sp³-hybridized carbons (Fsp3) is 0.357. The van der Waals surface area contributed by atoms with Gasteiger partial charge in [-0.25, -0.2) is 0 Å². The summed E-state index contributed by atoms with van der Waals surface area (Å²) in [6, 6.07) is 5.40. The highest BCUT2D eigenvalue weighted by atomic mass is 16.5. The number of nitriles is 1. The molecule has 1 amide bonds. The van der Waals surface area contributed by atoms with Gasteiger partial charge in [0.2, 0.25) is 0 Å². The Morgan fingerprint density at radius 3 is 3.00 bits per heavy atom. The van der Waals surface area contributed by atoms with Crippen molar-refractivity contribution in [2.45, 2.75) is 18.9 Å². The normalized spacial score (nSPS) is 18.9. The lowest BCUT2D eigenvalue weighted by Gasteiger charge is -2.10. The second-order valence-corrected chi connectivity index (χ2v) is 4.30. The number of nitrogens with zero attached hydrogens (tertiary/aromatic N) is 2. The third-order valence-corrected chi connectivity index (χ3v) is 2.90. The Balaban J connectivity index is 1.95. The van der Waals surface area contributed by atoms with Crippen molar-refractivity contribution in [3.05, 3.63) is 35.7 Å². The standard InChI is InChI=1S/C14H15N3O2/c15-9-12(8-11-3-5-16-6-4-11)14(18)17-10-13-2-1-7-19-13/h3-6,8,13H,1-2,7,10H2,(H,17,18). The summed E-state index contributed by atoms with van der Waals surface area (Å²) in [5.41, 5.74) is 0.864. The SMILES string of the molecule is N#CC(=Cc1ccncc1)C(=O)NCC1CCCO1. The van der Waals surface area contributed by atoms with E-state index in [9.17, 15) is 4.79 Å². The number of carbonyl (C=O) groups is 1. The van der Waals surface area contributed by atoms with E-state index in [2.05, 4.69) is 10.3 Å². The van der Waals surface area contributed by atoms with Gasteiger partial charge in [-0.2, -0.15) is 5.26 Å². The predicted molar refractivity (Wildman–Crippen MR) is 69.8 cm³/mol. The van der Waals surface area contributed by atoms with E-state index in [1.807, 2.05) is 6.07 Å². The summed E-state index contributed by atoms with van der Waals surface area (Å²) in [5.74, 6) is -0.366. The fourth-order valence-corrected chi connectivity index (χ4v) is 1.88. The third-order valence-electron chi connectivity index (χ3n) is 2.90. The lowest BCUT2D eigenvalue weighted by molar-refractivity contribution is -0.117. The van der Waals surface area contributed by atoms with Crippen LogP contribution in [0.5, 0.6) is 0 Å². The first-order valence-electron chi connectivity index (χ1n) is 6.21. The van der Waals surface area contributed by atoms with Crippen LogP contribution in [0.1, 0.15) is 18.4 Å². The van der Waals surface area contributed by atoms with Gasteiger partial charge in [-0.1, -0.05) is 0 Å². The largest absolute Gasteiger partial charge is 0.376 e. The Hall–Kier alpha value is -2.19. The molecule has 5 heteroatoms. The van der Waals surface area contributed by atoms with Gasteiger partial charge in [0.15, 0.2) is 0 Å². The minimum absolute atomic E-state index is 0.0739. The number of rotatable bonds is 4. The molecule has 2 heterocycles. The summed E-state index contributed by atoms with van der Waals surface area (Å²) >= 11 is 0. The van der Waals surface area contributed by atoms with E-state index < -0.39 is 0 Å². The van der Waals surface area contributed by atoms with Crippen LogP contribution in [0.25, 0.3) is 6.08 Å². The van der Waals surface area contributed by atoms with Crippen LogP contribution < -0.4 is 5.32 Å². The number of hydrogen-bond acceptors (Lipinski definition) is 4. The van der Waals surface area contributed by atoms with Gasteiger partial charge in [0.1, 0.15) is 11.6 Å². The maximum absolute atomic E-state index is 11.9. The molecule has 5 nitrogen and oxygen atoms in total. The Morgan fingerprint density at radius 2 is 2.37 bits per heavy atom. The van der Waals surface area contributed by atoms with E-state index in [0.29, 0.717) is 6.54 Å². The molecule has 1 aromatic heterocycles. The molecule has 0 spiro atoms. The Bertz CT molecular complexity index is 499. The highest BCUT2D eigenvalue weighted by molar-refractivity contribution is 6.01.